The van der Waals surface area contributed by atoms with Gasteiger partial charge in [0.2, 0.25) is 0 Å². The predicted molar refractivity (Wildman–Crippen MR) is 109 cm³/mol. The highest BCUT2D eigenvalue weighted by atomic mass is 32.2. The zero-order valence-electron chi connectivity index (χ0n) is 15.6. The molecule has 1 N–H and O–H groups in total. The van der Waals surface area contributed by atoms with Crippen LogP contribution in [0.5, 0.6) is 0 Å². The van der Waals surface area contributed by atoms with Gasteiger partial charge in [-0.1, -0.05) is 30.0 Å². The van der Waals surface area contributed by atoms with Crippen LogP contribution in [0.4, 0.5) is 5.69 Å². The van der Waals surface area contributed by atoms with Gasteiger partial charge in [0.25, 0.3) is 11.6 Å². The molecule has 1 aliphatic rings. The van der Waals surface area contributed by atoms with Crippen LogP contribution in [0.3, 0.4) is 0 Å². The van der Waals surface area contributed by atoms with Crippen LogP contribution in [0.15, 0.2) is 58.3 Å². The number of esters is 1. The Morgan fingerprint density at radius 2 is 1.93 bits per heavy atom. The molecule has 1 heterocycles. The number of hydrogen-bond donors (Lipinski definition) is 1. The van der Waals surface area contributed by atoms with E-state index in [0.29, 0.717) is 11.3 Å². The number of carbonyl (C=O) groups excluding carboxylic acids is 2. The quantitative estimate of drug-likeness (QED) is 0.386. The van der Waals surface area contributed by atoms with Gasteiger partial charge in [-0.15, -0.1) is 0 Å². The smallest absolute Gasteiger partial charge is 0.338 e. The molecule has 0 aromatic heterocycles. The van der Waals surface area contributed by atoms with Crippen molar-refractivity contribution >= 4 is 39.2 Å². The van der Waals surface area contributed by atoms with Crippen LogP contribution in [0.1, 0.15) is 16.8 Å². The van der Waals surface area contributed by atoms with Gasteiger partial charge in [0.15, 0.2) is 16.4 Å². The van der Waals surface area contributed by atoms with Crippen molar-refractivity contribution in [3.8, 4) is 0 Å². The summed E-state index contributed by atoms with van der Waals surface area (Å²) < 4.78 is 27.7. The second-order valence-corrected chi connectivity index (χ2v) is 9.94. The summed E-state index contributed by atoms with van der Waals surface area (Å²) in [5, 5.41) is 13.9. The maximum atomic E-state index is 12.2. The number of ether oxygens (including phenoxy) is 1. The van der Waals surface area contributed by atoms with Crippen molar-refractivity contribution in [1.29, 1.82) is 0 Å². The van der Waals surface area contributed by atoms with E-state index < -0.39 is 39.3 Å². The van der Waals surface area contributed by atoms with E-state index in [9.17, 15) is 28.1 Å². The lowest BCUT2D eigenvalue weighted by atomic mass is 10.2. The molecule has 1 atom stereocenters. The average molecular weight is 450 g/mol. The Morgan fingerprint density at radius 1 is 1.20 bits per heavy atom. The van der Waals surface area contributed by atoms with E-state index in [0.717, 1.165) is 11.0 Å². The molecule has 2 aromatic carbocycles. The van der Waals surface area contributed by atoms with Crippen LogP contribution in [0.25, 0.3) is 0 Å². The van der Waals surface area contributed by atoms with Crippen molar-refractivity contribution in [2.75, 3.05) is 18.1 Å². The van der Waals surface area contributed by atoms with Gasteiger partial charge >= 0.3 is 5.97 Å². The third-order valence-electron chi connectivity index (χ3n) is 4.29. The first-order valence-corrected chi connectivity index (χ1v) is 11.6. The van der Waals surface area contributed by atoms with Gasteiger partial charge in [-0.3, -0.25) is 14.9 Å². The summed E-state index contributed by atoms with van der Waals surface area (Å²) in [6.45, 7) is -0.607. The number of nitrogens with zero attached hydrogens (tertiary/aromatic N) is 1. The molecule has 11 heteroatoms. The molecule has 0 radical (unpaired) electrons. The Bertz CT molecular complexity index is 1070. The largest absolute Gasteiger partial charge is 0.452 e. The van der Waals surface area contributed by atoms with Crippen molar-refractivity contribution in [2.24, 2.45) is 0 Å². The summed E-state index contributed by atoms with van der Waals surface area (Å²) in [6.07, 6.45) is 0.314. The molecule has 3 rings (SSSR count). The third-order valence-corrected chi connectivity index (χ3v) is 7.14. The Morgan fingerprint density at radius 3 is 2.57 bits per heavy atom. The summed E-state index contributed by atoms with van der Waals surface area (Å²) in [4.78, 5) is 36.1. The molecule has 30 heavy (non-hydrogen) atoms. The molecule has 1 aliphatic heterocycles. The molecule has 0 unspecified atom stereocenters. The van der Waals surface area contributed by atoms with Gasteiger partial charge in [0.1, 0.15) is 0 Å². The van der Waals surface area contributed by atoms with E-state index in [1.54, 1.807) is 0 Å². The molecule has 0 aliphatic carbocycles. The first kappa shape index (κ1) is 21.8. The minimum Gasteiger partial charge on any atom is -0.452 e. The number of hydrogen-bond acceptors (Lipinski definition) is 8. The van der Waals surface area contributed by atoms with Gasteiger partial charge < -0.3 is 10.1 Å². The summed E-state index contributed by atoms with van der Waals surface area (Å²) >= 11 is 1.19. The van der Waals surface area contributed by atoms with Crippen LogP contribution >= 0.6 is 11.8 Å². The van der Waals surface area contributed by atoms with Gasteiger partial charge in [0, 0.05) is 17.0 Å². The number of carbonyl (C=O) groups is 2. The monoisotopic (exact) mass is 450 g/mol. The lowest BCUT2D eigenvalue weighted by Gasteiger charge is -2.11. The van der Waals surface area contributed by atoms with Crippen LogP contribution < -0.4 is 5.32 Å². The van der Waals surface area contributed by atoms with Crippen LogP contribution in [-0.4, -0.2) is 49.4 Å². The standard InChI is InChI=1S/C19H18N2O7S2/c22-18(20-14-8-9-30(26,27)12-14)11-28-19(23)13-6-7-17(16(10-13)21(24)25)29-15-4-2-1-3-5-15/h1-7,10,14H,8-9,11-12H2,(H,20,22)/t14-/m1/s1. The summed E-state index contributed by atoms with van der Waals surface area (Å²) in [7, 11) is -3.14. The van der Waals surface area contributed by atoms with Gasteiger partial charge in [-0.2, -0.15) is 0 Å². The molecule has 0 bridgehead atoms. The van der Waals surface area contributed by atoms with E-state index in [2.05, 4.69) is 5.32 Å². The highest BCUT2D eigenvalue weighted by Gasteiger charge is 2.29. The molecule has 0 saturated carbocycles. The van der Waals surface area contributed by atoms with E-state index in [-0.39, 0.29) is 22.8 Å². The SMILES string of the molecule is O=C(COC(=O)c1ccc(Sc2ccccc2)c([N+](=O)[O-])c1)N[C@@H]1CCS(=O)(=O)C1. The molecule has 1 saturated heterocycles. The zero-order chi connectivity index (χ0) is 21.7. The van der Waals surface area contributed by atoms with E-state index in [1.807, 2.05) is 30.3 Å². The fourth-order valence-corrected chi connectivity index (χ4v) is 5.48. The lowest BCUT2D eigenvalue weighted by Crippen LogP contribution is -2.38. The second kappa shape index (κ2) is 9.26. The summed E-state index contributed by atoms with van der Waals surface area (Å²) in [5.74, 6) is -1.64. The third kappa shape index (κ3) is 5.80. The Kier molecular flexibility index (Phi) is 6.73. The maximum Gasteiger partial charge on any atom is 0.338 e. The molecule has 158 valence electrons. The zero-order valence-corrected chi connectivity index (χ0v) is 17.3. The molecule has 1 fully saturated rings. The van der Waals surface area contributed by atoms with Crippen LogP contribution in [0.2, 0.25) is 0 Å². The number of amides is 1. The first-order chi connectivity index (χ1) is 14.2. The average Bonchev–Trinajstić information content (AvgIpc) is 3.05. The molecule has 1 amide bonds. The molecule has 0 spiro atoms. The highest BCUT2D eigenvalue weighted by molar-refractivity contribution is 7.99. The van der Waals surface area contributed by atoms with Gasteiger partial charge in [-0.05, 0) is 30.7 Å². The van der Waals surface area contributed by atoms with Gasteiger partial charge in [-0.25, -0.2) is 13.2 Å². The number of rotatable bonds is 7. The van der Waals surface area contributed by atoms with Crippen molar-refractivity contribution in [3.63, 3.8) is 0 Å². The number of benzene rings is 2. The van der Waals surface area contributed by atoms with Crippen molar-refractivity contribution in [3.05, 3.63) is 64.2 Å². The highest BCUT2D eigenvalue weighted by Crippen LogP contribution is 2.35. The Balaban J connectivity index is 1.62. The molecular weight excluding hydrogens is 432 g/mol. The van der Waals surface area contributed by atoms with Crippen molar-refractivity contribution in [2.45, 2.75) is 22.3 Å². The lowest BCUT2D eigenvalue weighted by molar-refractivity contribution is -0.387. The number of nitrogens with one attached hydrogen (secondary N) is 1. The minimum atomic E-state index is -3.14. The first-order valence-electron chi connectivity index (χ1n) is 8.92. The number of sulfone groups is 1. The van der Waals surface area contributed by atoms with Gasteiger partial charge in [0.05, 0.1) is 26.9 Å². The fraction of sp³-hybridized carbons (Fsp3) is 0.263. The Labute approximate surface area is 176 Å². The topological polar surface area (TPSA) is 133 Å². The predicted octanol–water partition coefficient (Wildman–Crippen LogP) is 2.21. The van der Waals surface area contributed by atoms with Crippen molar-refractivity contribution < 1.29 is 27.7 Å². The minimum absolute atomic E-state index is 0.00867. The summed E-state index contributed by atoms with van der Waals surface area (Å²) in [6, 6.07) is 12.5. The summed E-state index contributed by atoms with van der Waals surface area (Å²) in [5.41, 5.74) is -0.311. The van der Waals surface area contributed by atoms with E-state index >= 15 is 0 Å². The molecule has 9 nitrogen and oxygen atoms in total. The van der Waals surface area contributed by atoms with Crippen LogP contribution in [0, 0.1) is 10.1 Å². The normalized spacial score (nSPS) is 17.3. The van der Waals surface area contributed by atoms with Crippen LogP contribution in [-0.2, 0) is 19.4 Å². The second-order valence-electron chi connectivity index (χ2n) is 6.60. The van der Waals surface area contributed by atoms with E-state index in [4.69, 9.17) is 4.74 Å². The maximum absolute atomic E-state index is 12.2. The number of nitro benzene ring substituents is 1. The Hall–Kier alpha value is -2.92. The van der Waals surface area contributed by atoms with E-state index in [1.165, 1.54) is 23.9 Å². The molecule has 2 aromatic rings. The fourth-order valence-electron chi connectivity index (χ4n) is 2.88. The molecular formula is C19H18N2O7S2. The number of nitro groups is 1. The van der Waals surface area contributed by atoms with Crippen molar-refractivity contribution in [1.82, 2.24) is 5.32 Å².